The first-order chi connectivity index (χ1) is 11.2. The first-order valence-corrected chi connectivity index (χ1v) is 9.15. The van der Waals surface area contributed by atoms with Crippen molar-refractivity contribution in [3.05, 3.63) is 35.5 Å². The second kappa shape index (κ2) is 7.50. The van der Waals surface area contributed by atoms with Gasteiger partial charge in [-0.25, -0.2) is 0 Å². The highest BCUT2D eigenvalue weighted by Gasteiger charge is 2.26. The molecule has 3 rings (SSSR count). The zero-order valence-electron chi connectivity index (χ0n) is 14.1. The molecule has 2 aromatic rings. The van der Waals surface area contributed by atoms with Gasteiger partial charge in [0.2, 0.25) is 0 Å². The number of anilines is 1. The molecule has 1 saturated carbocycles. The summed E-state index contributed by atoms with van der Waals surface area (Å²) in [5.74, 6) is 0. The Hall–Kier alpha value is -1.32. The summed E-state index contributed by atoms with van der Waals surface area (Å²) in [7, 11) is 0. The molecule has 3 nitrogen and oxygen atoms in total. The second-order valence-corrected chi connectivity index (χ2v) is 6.79. The van der Waals surface area contributed by atoms with Crippen LogP contribution in [0.4, 0.5) is 5.69 Å². The number of hydrogen-bond donors (Lipinski definition) is 1. The normalized spacial score (nSPS) is 21.5. The standard InChI is InChI=1S/C19H26ClN3/c1-3-21-15-6-5-7-16(13-15)23(4-2)19-10-11-22-18-12-14(20)8-9-17(18)19/h8-12,15-16,21H,3-7,13H2,1-2H3. The van der Waals surface area contributed by atoms with Gasteiger partial charge < -0.3 is 10.2 Å². The summed E-state index contributed by atoms with van der Waals surface area (Å²) < 4.78 is 0. The molecule has 1 heterocycles. The number of nitrogens with zero attached hydrogens (tertiary/aromatic N) is 2. The molecule has 2 unspecified atom stereocenters. The summed E-state index contributed by atoms with van der Waals surface area (Å²) in [5.41, 5.74) is 2.27. The average Bonchev–Trinajstić information content (AvgIpc) is 2.56. The minimum atomic E-state index is 0.596. The molecule has 23 heavy (non-hydrogen) atoms. The summed E-state index contributed by atoms with van der Waals surface area (Å²) >= 11 is 6.13. The molecule has 4 heteroatoms. The third-order valence-corrected chi connectivity index (χ3v) is 5.15. The maximum atomic E-state index is 6.13. The summed E-state index contributed by atoms with van der Waals surface area (Å²) in [6, 6.07) is 9.42. The summed E-state index contributed by atoms with van der Waals surface area (Å²) in [6.45, 7) is 6.52. The van der Waals surface area contributed by atoms with Gasteiger partial charge in [0.1, 0.15) is 0 Å². The Kier molecular flexibility index (Phi) is 5.39. The SMILES string of the molecule is CCNC1CCCC(N(CC)c2ccnc3cc(Cl)ccc23)C1. The van der Waals surface area contributed by atoms with Crippen LogP contribution in [0.25, 0.3) is 10.9 Å². The molecule has 0 amide bonds. The van der Waals surface area contributed by atoms with Crippen molar-refractivity contribution in [3.63, 3.8) is 0 Å². The number of hydrogen-bond acceptors (Lipinski definition) is 3. The summed E-state index contributed by atoms with van der Waals surface area (Å²) in [4.78, 5) is 7.04. The molecule has 1 aromatic carbocycles. The number of pyridine rings is 1. The van der Waals surface area contributed by atoms with Gasteiger partial charge in [0.15, 0.2) is 0 Å². The largest absolute Gasteiger partial charge is 0.368 e. The van der Waals surface area contributed by atoms with Gasteiger partial charge in [0.25, 0.3) is 0 Å². The van der Waals surface area contributed by atoms with E-state index in [0.29, 0.717) is 12.1 Å². The number of halogens is 1. The highest BCUT2D eigenvalue weighted by molar-refractivity contribution is 6.31. The Bertz CT molecular complexity index is 656. The monoisotopic (exact) mass is 331 g/mol. The Balaban J connectivity index is 1.91. The van der Waals surface area contributed by atoms with Gasteiger partial charge in [-0.2, -0.15) is 0 Å². The molecule has 1 aliphatic carbocycles. The molecule has 0 bridgehead atoms. The number of fused-ring (bicyclic) bond motifs is 1. The van der Waals surface area contributed by atoms with E-state index in [0.717, 1.165) is 23.6 Å². The van der Waals surface area contributed by atoms with Crippen LogP contribution in [0.15, 0.2) is 30.5 Å². The molecule has 0 saturated heterocycles. The fourth-order valence-electron chi connectivity index (χ4n) is 3.90. The van der Waals surface area contributed by atoms with Crippen LogP contribution in [-0.2, 0) is 0 Å². The van der Waals surface area contributed by atoms with Crippen molar-refractivity contribution in [2.45, 2.75) is 51.6 Å². The van der Waals surface area contributed by atoms with Crippen molar-refractivity contribution in [2.75, 3.05) is 18.0 Å². The molecule has 1 aliphatic rings. The minimum absolute atomic E-state index is 0.596. The van der Waals surface area contributed by atoms with E-state index in [-0.39, 0.29) is 0 Å². The quantitative estimate of drug-likeness (QED) is 0.865. The highest BCUT2D eigenvalue weighted by Crippen LogP contribution is 2.32. The van der Waals surface area contributed by atoms with Crippen LogP contribution in [0.1, 0.15) is 39.5 Å². The van der Waals surface area contributed by atoms with Crippen LogP contribution in [-0.4, -0.2) is 30.2 Å². The number of aromatic nitrogens is 1. The first kappa shape index (κ1) is 16.5. The van der Waals surface area contributed by atoms with Gasteiger partial charge in [0.05, 0.1) is 5.52 Å². The third-order valence-electron chi connectivity index (χ3n) is 4.91. The van der Waals surface area contributed by atoms with E-state index in [2.05, 4.69) is 41.2 Å². The van der Waals surface area contributed by atoms with E-state index in [4.69, 9.17) is 11.6 Å². The number of benzene rings is 1. The van der Waals surface area contributed by atoms with Crippen molar-refractivity contribution < 1.29 is 0 Å². The zero-order chi connectivity index (χ0) is 16.2. The predicted octanol–water partition coefficient (Wildman–Crippen LogP) is 4.64. The van der Waals surface area contributed by atoms with E-state index in [1.807, 2.05) is 18.3 Å². The van der Waals surface area contributed by atoms with Crippen molar-refractivity contribution in [1.82, 2.24) is 10.3 Å². The zero-order valence-corrected chi connectivity index (χ0v) is 14.8. The minimum Gasteiger partial charge on any atom is -0.368 e. The van der Waals surface area contributed by atoms with Crippen LogP contribution in [0, 0.1) is 0 Å². The summed E-state index contributed by atoms with van der Waals surface area (Å²) in [6.07, 6.45) is 7.00. The molecule has 1 fully saturated rings. The van der Waals surface area contributed by atoms with E-state index >= 15 is 0 Å². The predicted molar refractivity (Wildman–Crippen MR) is 99.5 cm³/mol. The molecule has 0 radical (unpaired) electrons. The fraction of sp³-hybridized carbons (Fsp3) is 0.526. The van der Waals surface area contributed by atoms with Crippen molar-refractivity contribution in [1.29, 1.82) is 0 Å². The Morgan fingerprint density at radius 3 is 2.91 bits per heavy atom. The van der Waals surface area contributed by atoms with Gasteiger partial charge in [0, 0.05) is 40.9 Å². The van der Waals surface area contributed by atoms with Crippen LogP contribution in [0.3, 0.4) is 0 Å². The average molecular weight is 332 g/mol. The van der Waals surface area contributed by atoms with Gasteiger partial charge in [-0.1, -0.05) is 18.5 Å². The smallest absolute Gasteiger partial charge is 0.0737 e. The van der Waals surface area contributed by atoms with Crippen LogP contribution in [0.5, 0.6) is 0 Å². The van der Waals surface area contributed by atoms with Gasteiger partial charge in [-0.05, 0) is 63.4 Å². The molecule has 124 valence electrons. The molecular weight excluding hydrogens is 306 g/mol. The van der Waals surface area contributed by atoms with Crippen molar-refractivity contribution >= 4 is 28.2 Å². The maximum absolute atomic E-state index is 6.13. The first-order valence-electron chi connectivity index (χ1n) is 8.77. The topological polar surface area (TPSA) is 28.2 Å². The molecule has 2 atom stereocenters. The van der Waals surface area contributed by atoms with E-state index in [1.54, 1.807) is 0 Å². The van der Waals surface area contributed by atoms with Crippen LogP contribution >= 0.6 is 11.6 Å². The Morgan fingerprint density at radius 2 is 2.13 bits per heavy atom. The second-order valence-electron chi connectivity index (χ2n) is 6.35. The van der Waals surface area contributed by atoms with E-state index in [9.17, 15) is 0 Å². The van der Waals surface area contributed by atoms with E-state index in [1.165, 1.54) is 36.8 Å². The highest BCUT2D eigenvalue weighted by atomic mass is 35.5. The summed E-state index contributed by atoms with van der Waals surface area (Å²) in [5, 5.41) is 5.58. The lowest BCUT2D eigenvalue weighted by atomic mass is 9.89. The number of nitrogens with one attached hydrogen (secondary N) is 1. The molecule has 0 spiro atoms. The molecular formula is C19H26ClN3. The molecule has 1 aromatic heterocycles. The van der Waals surface area contributed by atoms with Gasteiger partial charge in [-0.15, -0.1) is 0 Å². The lowest BCUT2D eigenvalue weighted by Gasteiger charge is -2.39. The molecule has 0 aliphatic heterocycles. The van der Waals surface area contributed by atoms with Crippen molar-refractivity contribution in [3.8, 4) is 0 Å². The fourth-order valence-corrected chi connectivity index (χ4v) is 4.07. The van der Waals surface area contributed by atoms with Crippen LogP contribution in [0.2, 0.25) is 5.02 Å². The van der Waals surface area contributed by atoms with Crippen molar-refractivity contribution in [2.24, 2.45) is 0 Å². The number of rotatable bonds is 5. The maximum Gasteiger partial charge on any atom is 0.0737 e. The van der Waals surface area contributed by atoms with E-state index < -0.39 is 0 Å². The van der Waals surface area contributed by atoms with Gasteiger partial charge >= 0.3 is 0 Å². The Labute approximate surface area is 144 Å². The lowest BCUT2D eigenvalue weighted by molar-refractivity contribution is 0.333. The molecule has 1 N–H and O–H groups in total. The van der Waals surface area contributed by atoms with Gasteiger partial charge in [-0.3, -0.25) is 4.98 Å². The third kappa shape index (κ3) is 3.61. The van der Waals surface area contributed by atoms with Crippen LogP contribution < -0.4 is 10.2 Å². The lowest BCUT2D eigenvalue weighted by Crippen LogP contribution is -2.44. The Morgan fingerprint density at radius 1 is 1.26 bits per heavy atom.